The number of carbonyl (C=O) groups excluding carboxylic acids is 1. The first-order valence-electron chi connectivity index (χ1n) is 11.3. The van der Waals surface area contributed by atoms with Crippen LogP contribution in [-0.4, -0.2) is 60.6 Å². The van der Waals surface area contributed by atoms with Crippen LogP contribution < -0.4 is 15.4 Å². The smallest absolute Gasteiger partial charge is 0.434 e. The number of nitrogens with two attached hydrogens (primary N) is 1. The standard InChI is InChI=1S/C24H25N5O5/c25-8-1-2-12-32-24(30)33-17-6-3-5-16(15-17)21-27-19-18-7-4-9-26-23(18)34-20(19)22(28-21)29-10-13-31-14-11-29/h3-7,9,15H,1-2,8,10-14,25H2. The van der Waals surface area contributed by atoms with Gasteiger partial charge in [0, 0.05) is 24.8 Å². The molecule has 1 aliphatic heterocycles. The lowest BCUT2D eigenvalue weighted by molar-refractivity contribution is 0.0976. The maximum absolute atomic E-state index is 12.0. The van der Waals surface area contributed by atoms with E-state index in [0.717, 1.165) is 11.8 Å². The molecule has 4 aromatic rings. The van der Waals surface area contributed by atoms with E-state index in [0.29, 0.717) is 79.0 Å². The zero-order valence-electron chi connectivity index (χ0n) is 18.6. The molecule has 0 spiro atoms. The number of aromatic nitrogens is 3. The molecule has 0 radical (unpaired) electrons. The maximum atomic E-state index is 12.0. The fraction of sp³-hybridized carbons (Fsp3) is 0.333. The van der Waals surface area contributed by atoms with Crippen LogP contribution in [0.1, 0.15) is 12.8 Å². The summed E-state index contributed by atoms with van der Waals surface area (Å²) in [6, 6.07) is 10.8. The average molecular weight is 463 g/mol. The molecule has 10 nitrogen and oxygen atoms in total. The molecule has 0 unspecified atom stereocenters. The Balaban J connectivity index is 1.49. The summed E-state index contributed by atoms with van der Waals surface area (Å²) in [5.74, 6) is 1.52. The Hall–Kier alpha value is -3.76. The minimum Gasteiger partial charge on any atom is -0.434 e. The lowest BCUT2D eigenvalue weighted by atomic mass is 10.2. The Labute approximate surface area is 195 Å². The van der Waals surface area contributed by atoms with Gasteiger partial charge in [-0.2, -0.15) is 0 Å². The molecule has 1 aliphatic rings. The molecule has 0 saturated carbocycles. The molecule has 1 saturated heterocycles. The monoisotopic (exact) mass is 463 g/mol. The summed E-state index contributed by atoms with van der Waals surface area (Å²) >= 11 is 0. The molecule has 1 aromatic carbocycles. The number of hydrogen-bond donors (Lipinski definition) is 1. The number of pyridine rings is 1. The molecule has 10 heteroatoms. The Kier molecular flexibility index (Phi) is 6.50. The van der Waals surface area contributed by atoms with Crippen LogP contribution in [0.4, 0.5) is 10.6 Å². The van der Waals surface area contributed by atoms with E-state index in [2.05, 4.69) is 9.88 Å². The SMILES string of the molecule is NCCCCOC(=O)Oc1cccc(-c2nc(N3CCOCC3)c3oc4ncccc4c3n2)c1. The number of rotatable bonds is 7. The number of furan rings is 1. The Morgan fingerprint density at radius 1 is 1.12 bits per heavy atom. The lowest BCUT2D eigenvalue weighted by Crippen LogP contribution is -2.37. The van der Waals surface area contributed by atoms with Crippen molar-refractivity contribution in [3.8, 4) is 17.1 Å². The fourth-order valence-corrected chi connectivity index (χ4v) is 3.81. The highest BCUT2D eigenvalue weighted by Gasteiger charge is 2.23. The fourth-order valence-electron chi connectivity index (χ4n) is 3.81. The van der Waals surface area contributed by atoms with Gasteiger partial charge in [-0.05, 0) is 43.7 Å². The average Bonchev–Trinajstić information content (AvgIpc) is 3.25. The molecular formula is C24H25N5O5. The van der Waals surface area contributed by atoms with Gasteiger partial charge < -0.3 is 29.3 Å². The van der Waals surface area contributed by atoms with Crippen molar-refractivity contribution in [3.63, 3.8) is 0 Å². The largest absolute Gasteiger partial charge is 0.513 e. The summed E-state index contributed by atoms with van der Waals surface area (Å²) < 4.78 is 22.0. The van der Waals surface area contributed by atoms with Crippen LogP contribution in [0.3, 0.4) is 0 Å². The first kappa shape index (κ1) is 22.1. The zero-order chi connectivity index (χ0) is 23.3. The van der Waals surface area contributed by atoms with Gasteiger partial charge in [-0.1, -0.05) is 12.1 Å². The third kappa shape index (κ3) is 4.63. The highest BCUT2D eigenvalue weighted by molar-refractivity contribution is 6.05. The van der Waals surface area contributed by atoms with Gasteiger partial charge in [-0.25, -0.2) is 19.7 Å². The van der Waals surface area contributed by atoms with Crippen LogP contribution in [0.2, 0.25) is 0 Å². The minimum atomic E-state index is -0.758. The van der Waals surface area contributed by atoms with Gasteiger partial charge in [0.15, 0.2) is 17.2 Å². The normalized spacial score (nSPS) is 14.0. The summed E-state index contributed by atoms with van der Waals surface area (Å²) in [4.78, 5) is 28.1. The summed E-state index contributed by atoms with van der Waals surface area (Å²) in [6.45, 7) is 3.41. The van der Waals surface area contributed by atoms with Crippen molar-refractivity contribution in [3.05, 3.63) is 42.6 Å². The van der Waals surface area contributed by atoms with E-state index in [1.807, 2.05) is 18.2 Å². The molecule has 0 amide bonds. The zero-order valence-corrected chi connectivity index (χ0v) is 18.6. The van der Waals surface area contributed by atoms with E-state index in [1.54, 1.807) is 24.4 Å². The van der Waals surface area contributed by atoms with E-state index < -0.39 is 6.16 Å². The molecular weight excluding hydrogens is 438 g/mol. The number of hydrogen-bond acceptors (Lipinski definition) is 10. The second-order valence-corrected chi connectivity index (χ2v) is 7.83. The number of unbranched alkanes of at least 4 members (excludes halogenated alkanes) is 1. The predicted octanol–water partition coefficient (Wildman–Crippen LogP) is 3.53. The molecule has 3 aromatic heterocycles. The van der Waals surface area contributed by atoms with Crippen molar-refractivity contribution in [2.24, 2.45) is 5.73 Å². The highest BCUT2D eigenvalue weighted by atomic mass is 16.7. The van der Waals surface area contributed by atoms with E-state index in [9.17, 15) is 4.79 Å². The molecule has 4 heterocycles. The van der Waals surface area contributed by atoms with E-state index >= 15 is 0 Å². The van der Waals surface area contributed by atoms with Crippen LogP contribution in [0.25, 0.3) is 33.6 Å². The van der Waals surface area contributed by atoms with Crippen molar-refractivity contribution in [1.82, 2.24) is 15.0 Å². The number of nitrogens with zero attached hydrogens (tertiary/aromatic N) is 4. The summed E-state index contributed by atoms with van der Waals surface area (Å²) in [6.07, 6.45) is 2.40. The van der Waals surface area contributed by atoms with Crippen molar-refractivity contribution >= 4 is 34.2 Å². The number of anilines is 1. The third-order valence-corrected chi connectivity index (χ3v) is 5.50. The Morgan fingerprint density at radius 2 is 2.00 bits per heavy atom. The molecule has 0 bridgehead atoms. The van der Waals surface area contributed by atoms with Crippen LogP contribution in [-0.2, 0) is 9.47 Å². The third-order valence-electron chi connectivity index (χ3n) is 5.50. The molecule has 0 atom stereocenters. The molecule has 0 aliphatic carbocycles. The summed E-state index contributed by atoms with van der Waals surface area (Å²) in [5.41, 5.74) is 7.93. The molecule has 2 N–H and O–H groups in total. The lowest BCUT2D eigenvalue weighted by Gasteiger charge is -2.27. The first-order valence-corrected chi connectivity index (χ1v) is 11.3. The molecule has 5 rings (SSSR count). The summed E-state index contributed by atoms with van der Waals surface area (Å²) in [5, 5.41) is 0.809. The number of ether oxygens (including phenoxy) is 3. The maximum Gasteiger partial charge on any atom is 0.513 e. The topological polar surface area (TPSA) is 126 Å². The van der Waals surface area contributed by atoms with Crippen LogP contribution in [0.15, 0.2) is 47.0 Å². The van der Waals surface area contributed by atoms with Gasteiger partial charge >= 0.3 is 6.16 Å². The molecule has 176 valence electrons. The van der Waals surface area contributed by atoms with Gasteiger partial charge in [0.25, 0.3) is 0 Å². The second kappa shape index (κ2) is 10.0. The van der Waals surface area contributed by atoms with E-state index in [1.165, 1.54) is 0 Å². The molecule has 1 fully saturated rings. The Morgan fingerprint density at radius 3 is 2.85 bits per heavy atom. The minimum absolute atomic E-state index is 0.264. The second-order valence-electron chi connectivity index (χ2n) is 7.83. The van der Waals surface area contributed by atoms with Crippen LogP contribution >= 0.6 is 0 Å². The quantitative estimate of drug-likeness (QED) is 0.247. The molecule has 34 heavy (non-hydrogen) atoms. The van der Waals surface area contributed by atoms with Gasteiger partial charge in [-0.3, -0.25) is 0 Å². The summed E-state index contributed by atoms with van der Waals surface area (Å²) in [7, 11) is 0. The van der Waals surface area contributed by atoms with Crippen molar-refractivity contribution < 1.29 is 23.4 Å². The van der Waals surface area contributed by atoms with Crippen molar-refractivity contribution in [2.45, 2.75) is 12.8 Å². The van der Waals surface area contributed by atoms with Gasteiger partial charge in [0.1, 0.15) is 11.3 Å². The Bertz CT molecular complexity index is 1300. The van der Waals surface area contributed by atoms with E-state index in [-0.39, 0.29) is 6.61 Å². The highest BCUT2D eigenvalue weighted by Crippen LogP contribution is 2.34. The van der Waals surface area contributed by atoms with Crippen LogP contribution in [0, 0.1) is 0 Å². The number of morpholine rings is 1. The number of carbonyl (C=O) groups is 1. The van der Waals surface area contributed by atoms with Crippen molar-refractivity contribution in [1.29, 1.82) is 0 Å². The predicted molar refractivity (Wildman–Crippen MR) is 126 cm³/mol. The first-order chi connectivity index (χ1) is 16.7. The number of fused-ring (bicyclic) bond motifs is 3. The van der Waals surface area contributed by atoms with Crippen LogP contribution in [0.5, 0.6) is 5.75 Å². The van der Waals surface area contributed by atoms with Gasteiger partial charge in [0.2, 0.25) is 5.71 Å². The van der Waals surface area contributed by atoms with E-state index in [4.69, 9.17) is 34.3 Å². The van der Waals surface area contributed by atoms with Crippen molar-refractivity contribution in [2.75, 3.05) is 44.4 Å². The van der Waals surface area contributed by atoms with Gasteiger partial charge in [0.05, 0.1) is 25.2 Å². The number of benzene rings is 1. The van der Waals surface area contributed by atoms with Gasteiger partial charge in [-0.15, -0.1) is 0 Å².